The van der Waals surface area contributed by atoms with Crippen LogP contribution in [-0.4, -0.2) is 24.7 Å². The predicted octanol–water partition coefficient (Wildman–Crippen LogP) is 3.91. The number of anilines is 1. The van der Waals surface area contributed by atoms with Crippen molar-refractivity contribution in [1.29, 1.82) is 0 Å². The van der Waals surface area contributed by atoms with Gasteiger partial charge in [-0.1, -0.05) is 18.0 Å². The van der Waals surface area contributed by atoms with E-state index in [-0.39, 0.29) is 5.56 Å². The molecule has 0 saturated heterocycles. The highest BCUT2D eigenvalue weighted by atomic mass is 35.5. The highest BCUT2D eigenvalue weighted by molar-refractivity contribution is 6.33. The van der Waals surface area contributed by atoms with Crippen molar-refractivity contribution in [1.82, 2.24) is 0 Å². The van der Waals surface area contributed by atoms with Gasteiger partial charge in [0.2, 0.25) is 0 Å². The fourth-order valence-electron chi connectivity index (χ4n) is 4.00. The highest BCUT2D eigenvalue weighted by Gasteiger charge is 2.39. The minimum absolute atomic E-state index is 0.243. The first-order valence-corrected chi connectivity index (χ1v) is 7.66. The maximum Gasteiger partial charge on any atom is 0.335 e. The Morgan fingerprint density at radius 1 is 1.40 bits per heavy atom. The van der Waals surface area contributed by atoms with Gasteiger partial charge in [-0.15, -0.1) is 0 Å². The number of carboxylic acids is 1. The predicted molar refractivity (Wildman–Crippen MR) is 80.6 cm³/mol. The molecular formula is C16H20ClNO2. The normalized spacial score (nSPS) is 27.8. The molecule has 0 amide bonds. The van der Waals surface area contributed by atoms with Gasteiger partial charge < -0.3 is 10.0 Å². The number of benzene rings is 1. The van der Waals surface area contributed by atoms with Crippen LogP contribution in [0.25, 0.3) is 0 Å². The van der Waals surface area contributed by atoms with Crippen molar-refractivity contribution in [3.05, 3.63) is 28.8 Å². The Morgan fingerprint density at radius 2 is 2.20 bits per heavy atom. The number of carbonyl (C=O) groups is 1. The Bertz CT molecular complexity index is 531. The van der Waals surface area contributed by atoms with Crippen molar-refractivity contribution in [3.8, 4) is 0 Å². The second-order valence-electron chi connectivity index (χ2n) is 6.29. The molecule has 1 aromatic rings. The minimum Gasteiger partial charge on any atom is -0.478 e. The van der Waals surface area contributed by atoms with Crippen LogP contribution in [0.1, 0.15) is 36.0 Å². The third-order valence-electron chi connectivity index (χ3n) is 5.00. The standard InChI is InChI=1S/C16H20ClNO2/c1-18(9-13-7-10-2-3-11(13)6-10)15-5-4-12(16(19)20)8-14(15)17/h4-5,8,10-11,13H,2-3,6-7,9H2,1H3,(H,19,20). The third-order valence-corrected chi connectivity index (χ3v) is 5.30. The molecule has 2 aliphatic carbocycles. The number of hydrogen-bond acceptors (Lipinski definition) is 2. The van der Waals surface area contributed by atoms with Crippen LogP contribution in [0.5, 0.6) is 0 Å². The van der Waals surface area contributed by atoms with Crippen LogP contribution in [0.3, 0.4) is 0 Å². The van der Waals surface area contributed by atoms with Gasteiger partial charge in [0, 0.05) is 13.6 Å². The second-order valence-corrected chi connectivity index (χ2v) is 6.69. The first kappa shape index (κ1) is 13.7. The van der Waals surface area contributed by atoms with Crippen molar-refractivity contribution in [2.75, 3.05) is 18.5 Å². The van der Waals surface area contributed by atoms with E-state index in [4.69, 9.17) is 16.7 Å². The quantitative estimate of drug-likeness (QED) is 0.915. The van der Waals surface area contributed by atoms with Crippen molar-refractivity contribution < 1.29 is 9.90 Å². The number of hydrogen-bond donors (Lipinski definition) is 1. The van der Waals surface area contributed by atoms with Gasteiger partial charge in [-0.05, 0) is 55.2 Å². The molecule has 2 fully saturated rings. The Hall–Kier alpha value is -1.22. The number of fused-ring (bicyclic) bond motifs is 2. The number of halogens is 1. The largest absolute Gasteiger partial charge is 0.478 e. The molecule has 1 N–H and O–H groups in total. The molecule has 3 atom stereocenters. The Morgan fingerprint density at radius 3 is 2.75 bits per heavy atom. The van der Waals surface area contributed by atoms with Gasteiger partial charge in [-0.2, -0.15) is 0 Å². The zero-order valence-electron chi connectivity index (χ0n) is 11.7. The summed E-state index contributed by atoms with van der Waals surface area (Å²) < 4.78 is 0. The molecule has 4 heteroatoms. The average Bonchev–Trinajstić information content (AvgIpc) is 3.00. The fraction of sp³-hybridized carbons (Fsp3) is 0.562. The molecule has 20 heavy (non-hydrogen) atoms. The van der Waals surface area contributed by atoms with E-state index in [2.05, 4.69) is 4.90 Å². The van der Waals surface area contributed by atoms with Crippen molar-refractivity contribution in [2.24, 2.45) is 17.8 Å². The smallest absolute Gasteiger partial charge is 0.335 e. The molecule has 3 rings (SSSR count). The zero-order valence-corrected chi connectivity index (χ0v) is 12.4. The van der Waals surface area contributed by atoms with Gasteiger partial charge in [-0.25, -0.2) is 4.79 Å². The maximum absolute atomic E-state index is 10.9. The summed E-state index contributed by atoms with van der Waals surface area (Å²) in [5.41, 5.74) is 1.17. The first-order valence-electron chi connectivity index (χ1n) is 7.28. The molecule has 0 radical (unpaired) electrons. The Kier molecular flexibility index (Phi) is 3.63. The highest BCUT2D eigenvalue weighted by Crippen LogP contribution is 2.48. The van der Waals surface area contributed by atoms with Gasteiger partial charge in [-0.3, -0.25) is 0 Å². The van der Waals surface area contributed by atoms with Crippen LogP contribution in [-0.2, 0) is 0 Å². The van der Waals surface area contributed by atoms with Gasteiger partial charge in [0.05, 0.1) is 16.3 Å². The average molecular weight is 294 g/mol. The van der Waals surface area contributed by atoms with Crippen LogP contribution in [0.15, 0.2) is 18.2 Å². The first-order chi connectivity index (χ1) is 9.54. The second kappa shape index (κ2) is 5.28. The SMILES string of the molecule is CN(CC1CC2CCC1C2)c1ccc(C(=O)O)cc1Cl. The Labute approximate surface area is 124 Å². The van der Waals surface area contributed by atoms with E-state index in [0.29, 0.717) is 5.02 Å². The molecule has 0 heterocycles. The number of nitrogens with zero attached hydrogens (tertiary/aromatic N) is 1. The summed E-state index contributed by atoms with van der Waals surface area (Å²) in [4.78, 5) is 13.1. The van der Waals surface area contributed by atoms with E-state index in [0.717, 1.165) is 30.0 Å². The summed E-state index contributed by atoms with van der Waals surface area (Å²) >= 11 is 6.23. The number of rotatable bonds is 4. The van der Waals surface area contributed by atoms with Crippen molar-refractivity contribution in [3.63, 3.8) is 0 Å². The van der Waals surface area contributed by atoms with E-state index >= 15 is 0 Å². The van der Waals surface area contributed by atoms with Gasteiger partial charge in [0.1, 0.15) is 0 Å². The fourth-order valence-corrected chi connectivity index (χ4v) is 4.32. The molecule has 108 valence electrons. The monoisotopic (exact) mass is 293 g/mol. The molecule has 3 nitrogen and oxygen atoms in total. The molecule has 2 bridgehead atoms. The molecule has 0 aromatic heterocycles. The summed E-state index contributed by atoms with van der Waals surface area (Å²) in [6.07, 6.45) is 5.55. The molecule has 2 saturated carbocycles. The lowest BCUT2D eigenvalue weighted by Gasteiger charge is -2.29. The van der Waals surface area contributed by atoms with E-state index in [1.807, 2.05) is 13.1 Å². The lowest BCUT2D eigenvalue weighted by molar-refractivity contribution is 0.0697. The lowest BCUT2D eigenvalue weighted by Crippen LogP contribution is -2.28. The molecular weight excluding hydrogens is 274 g/mol. The van der Waals surface area contributed by atoms with Gasteiger partial charge >= 0.3 is 5.97 Å². The molecule has 0 spiro atoms. The van der Waals surface area contributed by atoms with Crippen molar-refractivity contribution >= 4 is 23.3 Å². The van der Waals surface area contributed by atoms with Gasteiger partial charge in [0.25, 0.3) is 0 Å². The van der Waals surface area contributed by atoms with E-state index < -0.39 is 5.97 Å². The molecule has 2 aliphatic rings. The number of carboxylic acid groups (broad SMARTS) is 1. The lowest BCUT2D eigenvalue weighted by atomic mass is 9.88. The van der Waals surface area contributed by atoms with Crippen LogP contribution >= 0.6 is 11.6 Å². The van der Waals surface area contributed by atoms with E-state index in [1.165, 1.54) is 31.7 Å². The number of aromatic carboxylic acids is 1. The summed E-state index contributed by atoms with van der Waals surface area (Å²) in [6.45, 7) is 1.02. The van der Waals surface area contributed by atoms with E-state index in [9.17, 15) is 4.79 Å². The molecule has 3 unspecified atom stereocenters. The van der Waals surface area contributed by atoms with Crippen LogP contribution in [0.2, 0.25) is 5.02 Å². The summed E-state index contributed by atoms with van der Waals surface area (Å²) in [5, 5.41) is 9.49. The summed E-state index contributed by atoms with van der Waals surface area (Å²) in [6, 6.07) is 4.98. The summed E-state index contributed by atoms with van der Waals surface area (Å²) in [7, 11) is 2.05. The van der Waals surface area contributed by atoms with Crippen molar-refractivity contribution in [2.45, 2.75) is 25.7 Å². The summed E-state index contributed by atoms with van der Waals surface area (Å²) in [5.74, 6) is 1.67. The molecule has 1 aromatic carbocycles. The minimum atomic E-state index is -0.936. The maximum atomic E-state index is 10.9. The van der Waals surface area contributed by atoms with Crippen LogP contribution in [0.4, 0.5) is 5.69 Å². The van der Waals surface area contributed by atoms with Gasteiger partial charge in [0.15, 0.2) is 0 Å². The Balaban J connectivity index is 1.71. The topological polar surface area (TPSA) is 40.5 Å². The van der Waals surface area contributed by atoms with Crippen LogP contribution < -0.4 is 4.90 Å². The molecule has 0 aliphatic heterocycles. The van der Waals surface area contributed by atoms with E-state index in [1.54, 1.807) is 6.07 Å². The van der Waals surface area contributed by atoms with Crippen LogP contribution in [0, 0.1) is 17.8 Å². The zero-order chi connectivity index (χ0) is 14.3. The third kappa shape index (κ3) is 2.51.